The Morgan fingerprint density at radius 3 is 2.08 bits per heavy atom. The minimum atomic E-state index is -4.20. The molecule has 1 atom stereocenters. The van der Waals surface area contributed by atoms with Crippen LogP contribution >= 0.6 is 0 Å². The van der Waals surface area contributed by atoms with Gasteiger partial charge in [-0.15, -0.1) is 0 Å². The zero-order chi connectivity index (χ0) is 17.7. The Morgan fingerprint density at radius 2 is 1.58 bits per heavy atom. The quantitative estimate of drug-likeness (QED) is 0.419. The number of unbranched alkanes of at least 4 members (excludes halogenated alkanes) is 3. The summed E-state index contributed by atoms with van der Waals surface area (Å²) in [4.78, 5) is 25.6. The highest BCUT2D eigenvalue weighted by Crippen LogP contribution is 2.24. The molecule has 1 heterocycles. The average molecular weight is 353 g/mol. The van der Waals surface area contributed by atoms with Crippen LogP contribution in [0.4, 0.5) is 0 Å². The molecule has 1 aromatic carbocycles. The van der Waals surface area contributed by atoms with Gasteiger partial charge in [-0.05, 0) is 25.0 Å². The van der Waals surface area contributed by atoms with Crippen molar-refractivity contribution in [1.29, 1.82) is 0 Å². The molecule has 0 aliphatic carbocycles. The number of amides is 2. The minimum absolute atomic E-state index is 0.00934. The summed E-state index contributed by atoms with van der Waals surface area (Å²) in [6.07, 6.45) is 4.02. The number of benzene rings is 1. The molecule has 0 radical (unpaired) electrons. The number of carbonyl (C=O) groups is 2. The van der Waals surface area contributed by atoms with Gasteiger partial charge in [0.05, 0.1) is 16.4 Å². The molecule has 1 aliphatic heterocycles. The van der Waals surface area contributed by atoms with Gasteiger partial charge in [0, 0.05) is 6.54 Å². The summed E-state index contributed by atoms with van der Waals surface area (Å²) < 4.78 is 32.5. The predicted octanol–water partition coefficient (Wildman–Crippen LogP) is 2.90. The van der Waals surface area contributed by atoms with Gasteiger partial charge in [0.1, 0.15) is 0 Å². The summed E-state index contributed by atoms with van der Waals surface area (Å²) in [6.45, 7) is 2.05. The van der Waals surface area contributed by atoms with Crippen LogP contribution in [0.25, 0.3) is 0 Å². The van der Waals surface area contributed by atoms with Crippen molar-refractivity contribution in [3.8, 4) is 0 Å². The van der Waals surface area contributed by atoms with Crippen molar-refractivity contribution in [2.24, 2.45) is 0 Å². The molecule has 0 bridgehead atoms. The van der Waals surface area contributed by atoms with Crippen LogP contribution in [0.5, 0.6) is 0 Å². The second-order valence-corrected chi connectivity index (χ2v) is 7.78. The Labute approximate surface area is 142 Å². The maximum Gasteiger partial charge on any atom is 0.267 e. The topological polar surface area (TPSA) is 91.8 Å². The Kier molecular flexibility index (Phi) is 6.12. The lowest BCUT2D eigenvalue weighted by atomic mass is 10.1. The van der Waals surface area contributed by atoms with Crippen molar-refractivity contribution in [3.05, 3.63) is 35.4 Å². The second kappa shape index (κ2) is 7.90. The molecule has 1 N–H and O–H groups in total. The van der Waals surface area contributed by atoms with Gasteiger partial charge in [0.25, 0.3) is 21.9 Å². The molecule has 0 saturated carbocycles. The molecule has 7 heteroatoms. The Balaban J connectivity index is 2.00. The largest absolute Gasteiger partial charge is 0.285 e. The standard InChI is InChI=1S/C17H23NO5S/c1-2-3-4-5-8-13(24(21,22)23)11-12-18-16(19)14-9-6-7-10-15(14)17(18)20/h6-7,9-10,13H,2-5,8,11-12H2,1H3,(H,21,22,23). The van der Waals surface area contributed by atoms with E-state index in [-0.39, 0.29) is 13.0 Å². The van der Waals surface area contributed by atoms with Gasteiger partial charge < -0.3 is 0 Å². The molecule has 0 saturated heterocycles. The summed E-state index contributed by atoms with van der Waals surface area (Å²) in [6, 6.07) is 6.53. The maximum absolute atomic E-state index is 12.3. The fraction of sp³-hybridized carbons (Fsp3) is 0.529. The summed E-state index contributed by atoms with van der Waals surface area (Å²) in [5.74, 6) is -0.814. The third-order valence-electron chi connectivity index (χ3n) is 4.35. The minimum Gasteiger partial charge on any atom is -0.285 e. The SMILES string of the molecule is CCCCCCC(CCN1C(=O)c2ccccc2C1=O)S(=O)(=O)O. The van der Waals surface area contributed by atoms with Crippen LogP contribution in [0.1, 0.15) is 66.2 Å². The van der Waals surface area contributed by atoms with E-state index in [0.717, 1.165) is 24.2 Å². The highest BCUT2D eigenvalue weighted by Gasteiger charge is 2.36. The van der Waals surface area contributed by atoms with Crippen molar-refractivity contribution in [2.75, 3.05) is 6.54 Å². The molecule has 24 heavy (non-hydrogen) atoms. The van der Waals surface area contributed by atoms with Crippen LogP contribution < -0.4 is 0 Å². The van der Waals surface area contributed by atoms with Crippen LogP contribution in [0.3, 0.4) is 0 Å². The summed E-state index contributed by atoms with van der Waals surface area (Å²) >= 11 is 0. The fourth-order valence-corrected chi connectivity index (χ4v) is 3.82. The smallest absolute Gasteiger partial charge is 0.267 e. The molecule has 6 nitrogen and oxygen atoms in total. The monoisotopic (exact) mass is 353 g/mol. The number of rotatable bonds is 9. The third-order valence-corrected chi connectivity index (χ3v) is 5.67. The molecule has 0 aromatic heterocycles. The van der Waals surface area contributed by atoms with E-state index in [1.807, 2.05) is 0 Å². The summed E-state index contributed by atoms with van der Waals surface area (Å²) in [5.41, 5.74) is 0.683. The predicted molar refractivity (Wildman–Crippen MR) is 90.5 cm³/mol. The lowest BCUT2D eigenvalue weighted by Crippen LogP contribution is -2.34. The van der Waals surface area contributed by atoms with Gasteiger partial charge in [-0.2, -0.15) is 8.42 Å². The molecule has 0 spiro atoms. The van der Waals surface area contributed by atoms with Gasteiger partial charge in [0.2, 0.25) is 0 Å². The van der Waals surface area contributed by atoms with Crippen molar-refractivity contribution < 1.29 is 22.6 Å². The van der Waals surface area contributed by atoms with E-state index in [0.29, 0.717) is 24.0 Å². The van der Waals surface area contributed by atoms with Crippen molar-refractivity contribution in [1.82, 2.24) is 4.90 Å². The maximum atomic E-state index is 12.3. The first-order chi connectivity index (χ1) is 11.4. The van der Waals surface area contributed by atoms with E-state index in [1.54, 1.807) is 24.3 Å². The highest BCUT2D eigenvalue weighted by atomic mass is 32.2. The van der Waals surface area contributed by atoms with Gasteiger partial charge >= 0.3 is 0 Å². The molecular formula is C17H23NO5S. The van der Waals surface area contributed by atoms with Crippen LogP contribution in [-0.4, -0.2) is 41.5 Å². The number of carbonyl (C=O) groups excluding carboxylic acids is 2. The van der Waals surface area contributed by atoms with Gasteiger partial charge in [-0.3, -0.25) is 19.0 Å². The van der Waals surface area contributed by atoms with E-state index in [4.69, 9.17) is 0 Å². The number of hydrogen-bond donors (Lipinski definition) is 1. The van der Waals surface area contributed by atoms with E-state index in [1.165, 1.54) is 0 Å². The van der Waals surface area contributed by atoms with E-state index in [2.05, 4.69) is 6.92 Å². The molecule has 0 fully saturated rings. The van der Waals surface area contributed by atoms with Crippen LogP contribution in [-0.2, 0) is 10.1 Å². The average Bonchev–Trinajstić information content (AvgIpc) is 2.78. The third kappa shape index (κ3) is 4.21. The number of imide groups is 1. The Bertz CT molecular complexity index is 678. The lowest BCUT2D eigenvalue weighted by Gasteiger charge is -2.18. The first-order valence-electron chi connectivity index (χ1n) is 8.27. The molecule has 2 amide bonds. The molecular weight excluding hydrogens is 330 g/mol. The molecule has 1 unspecified atom stereocenters. The number of nitrogens with zero attached hydrogens (tertiary/aromatic N) is 1. The lowest BCUT2D eigenvalue weighted by molar-refractivity contribution is 0.0651. The summed E-state index contributed by atoms with van der Waals surface area (Å²) in [7, 11) is -4.20. The van der Waals surface area contributed by atoms with Crippen molar-refractivity contribution >= 4 is 21.9 Å². The Hall–Kier alpha value is -1.73. The highest BCUT2D eigenvalue weighted by molar-refractivity contribution is 7.86. The van der Waals surface area contributed by atoms with E-state index in [9.17, 15) is 22.6 Å². The van der Waals surface area contributed by atoms with Crippen LogP contribution in [0, 0.1) is 0 Å². The number of hydrogen-bond acceptors (Lipinski definition) is 4. The van der Waals surface area contributed by atoms with E-state index >= 15 is 0 Å². The molecule has 2 rings (SSSR count). The first-order valence-corrected chi connectivity index (χ1v) is 9.78. The van der Waals surface area contributed by atoms with E-state index < -0.39 is 27.2 Å². The molecule has 1 aliphatic rings. The van der Waals surface area contributed by atoms with Gasteiger partial charge in [0.15, 0.2) is 0 Å². The first kappa shape index (κ1) is 18.6. The van der Waals surface area contributed by atoms with Crippen molar-refractivity contribution in [2.45, 2.75) is 50.7 Å². The zero-order valence-corrected chi connectivity index (χ0v) is 14.6. The fourth-order valence-electron chi connectivity index (χ4n) is 2.96. The molecule has 132 valence electrons. The molecule has 1 aromatic rings. The second-order valence-electron chi connectivity index (χ2n) is 6.08. The van der Waals surface area contributed by atoms with Crippen LogP contribution in [0.15, 0.2) is 24.3 Å². The van der Waals surface area contributed by atoms with Gasteiger partial charge in [-0.1, -0.05) is 44.7 Å². The Morgan fingerprint density at radius 1 is 1.00 bits per heavy atom. The van der Waals surface area contributed by atoms with Crippen LogP contribution in [0.2, 0.25) is 0 Å². The zero-order valence-electron chi connectivity index (χ0n) is 13.8. The van der Waals surface area contributed by atoms with Crippen molar-refractivity contribution in [3.63, 3.8) is 0 Å². The normalized spacial score (nSPS) is 15.7. The number of fused-ring (bicyclic) bond motifs is 1. The van der Waals surface area contributed by atoms with Gasteiger partial charge in [-0.25, -0.2) is 0 Å². The summed E-state index contributed by atoms with van der Waals surface area (Å²) in [5, 5.41) is -0.946.